The van der Waals surface area contributed by atoms with Gasteiger partial charge in [-0.15, -0.1) is 0 Å². The molecule has 5 heteroatoms. The number of hydrogen-bond acceptors (Lipinski definition) is 2. The second kappa shape index (κ2) is 6.37. The van der Waals surface area contributed by atoms with Crippen LogP contribution < -0.4 is 4.74 Å². The van der Waals surface area contributed by atoms with Gasteiger partial charge < -0.3 is 9.84 Å². The van der Waals surface area contributed by atoms with Gasteiger partial charge in [-0.2, -0.15) is 0 Å². The number of halogens is 2. The summed E-state index contributed by atoms with van der Waals surface area (Å²) in [5, 5.41) is 8.85. The highest BCUT2D eigenvalue weighted by Gasteiger charge is 2.22. The number of carbonyl (C=O) groups is 1. The molecule has 3 nitrogen and oxygen atoms in total. The van der Waals surface area contributed by atoms with Crippen molar-refractivity contribution in [2.45, 2.75) is 33.1 Å². The summed E-state index contributed by atoms with van der Waals surface area (Å²) in [7, 11) is 1.49. The lowest BCUT2D eigenvalue weighted by atomic mass is 9.83. The monoisotopic (exact) mass is 332 g/mol. The summed E-state index contributed by atoms with van der Waals surface area (Å²) < 4.78 is 18.9. The van der Waals surface area contributed by atoms with Crippen LogP contribution in [0.1, 0.15) is 32.3 Å². The molecular formula is C14H18BrFO3. The van der Waals surface area contributed by atoms with Crippen molar-refractivity contribution >= 4 is 21.9 Å². The number of ether oxygens (including phenoxy) is 1. The Hall–Kier alpha value is -1.10. The summed E-state index contributed by atoms with van der Waals surface area (Å²) in [4.78, 5) is 10.8. The fourth-order valence-electron chi connectivity index (χ4n) is 1.93. The molecule has 0 amide bonds. The normalized spacial score (nSPS) is 11.4. The third-order valence-electron chi connectivity index (χ3n) is 3.02. The standard InChI is InChI=1S/C14H18BrFO3/c1-14(2,8-13(17)18)5-4-9-6-10(15)11(16)7-12(9)19-3/h6-7H,4-5,8H2,1-3H3,(H,17,18). The first kappa shape index (κ1) is 16.0. The highest BCUT2D eigenvalue weighted by molar-refractivity contribution is 9.10. The van der Waals surface area contributed by atoms with Gasteiger partial charge in [0, 0.05) is 6.07 Å². The number of methoxy groups -OCH3 is 1. The van der Waals surface area contributed by atoms with Crippen LogP contribution in [-0.2, 0) is 11.2 Å². The van der Waals surface area contributed by atoms with Crippen molar-refractivity contribution in [3.63, 3.8) is 0 Å². The van der Waals surface area contributed by atoms with E-state index in [0.717, 1.165) is 5.56 Å². The van der Waals surface area contributed by atoms with E-state index in [1.165, 1.54) is 13.2 Å². The molecule has 1 aromatic carbocycles. The zero-order valence-corrected chi connectivity index (χ0v) is 12.9. The lowest BCUT2D eigenvalue weighted by Gasteiger charge is -2.22. The predicted molar refractivity (Wildman–Crippen MR) is 75.0 cm³/mol. The first-order chi connectivity index (χ1) is 8.75. The Bertz CT molecular complexity index is 472. The smallest absolute Gasteiger partial charge is 0.303 e. The van der Waals surface area contributed by atoms with E-state index in [9.17, 15) is 9.18 Å². The Morgan fingerprint density at radius 1 is 1.47 bits per heavy atom. The van der Waals surface area contributed by atoms with E-state index >= 15 is 0 Å². The molecule has 0 saturated carbocycles. The Labute approximate surface area is 120 Å². The van der Waals surface area contributed by atoms with Crippen molar-refractivity contribution in [2.24, 2.45) is 5.41 Å². The van der Waals surface area contributed by atoms with Crippen LogP contribution in [0.15, 0.2) is 16.6 Å². The van der Waals surface area contributed by atoms with Gasteiger partial charge in [-0.1, -0.05) is 13.8 Å². The lowest BCUT2D eigenvalue weighted by molar-refractivity contribution is -0.139. The van der Waals surface area contributed by atoms with Crippen LogP contribution in [0, 0.1) is 11.2 Å². The van der Waals surface area contributed by atoms with Crippen molar-refractivity contribution in [2.75, 3.05) is 7.11 Å². The molecule has 0 aromatic heterocycles. The van der Waals surface area contributed by atoms with E-state index in [2.05, 4.69) is 15.9 Å². The van der Waals surface area contributed by atoms with E-state index in [0.29, 0.717) is 23.1 Å². The number of carboxylic acid groups (broad SMARTS) is 1. The Balaban J connectivity index is 2.82. The fourth-order valence-corrected chi connectivity index (χ4v) is 2.32. The van der Waals surface area contributed by atoms with Crippen molar-refractivity contribution < 1.29 is 19.0 Å². The molecule has 0 fully saturated rings. The van der Waals surface area contributed by atoms with Crippen LogP contribution in [0.2, 0.25) is 0 Å². The molecule has 0 aliphatic carbocycles. The van der Waals surface area contributed by atoms with Gasteiger partial charge in [0.1, 0.15) is 11.6 Å². The number of aliphatic carboxylic acids is 1. The van der Waals surface area contributed by atoms with Crippen molar-refractivity contribution in [1.29, 1.82) is 0 Å². The van der Waals surface area contributed by atoms with Crippen LogP contribution in [0.5, 0.6) is 5.75 Å². The number of rotatable bonds is 6. The number of benzene rings is 1. The van der Waals surface area contributed by atoms with Crippen molar-refractivity contribution in [3.8, 4) is 5.75 Å². The van der Waals surface area contributed by atoms with E-state index in [1.54, 1.807) is 6.07 Å². The molecule has 19 heavy (non-hydrogen) atoms. The van der Waals surface area contributed by atoms with Crippen molar-refractivity contribution in [1.82, 2.24) is 0 Å². The van der Waals surface area contributed by atoms with Gasteiger partial charge >= 0.3 is 5.97 Å². The van der Waals surface area contributed by atoms with Gasteiger partial charge in [-0.3, -0.25) is 4.79 Å². The van der Waals surface area contributed by atoms with E-state index < -0.39 is 5.97 Å². The molecule has 0 radical (unpaired) electrons. The molecule has 0 atom stereocenters. The van der Waals surface area contributed by atoms with Gasteiger partial charge in [-0.05, 0) is 45.8 Å². The van der Waals surface area contributed by atoms with E-state index in [4.69, 9.17) is 9.84 Å². The topological polar surface area (TPSA) is 46.5 Å². The molecule has 0 saturated heterocycles. The largest absolute Gasteiger partial charge is 0.496 e. The highest BCUT2D eigenvalue weighted by atomic mass is 79.9. The first-order valence-electron chi connectivity index (χ1n) is 5.99. The number of aryl methyl sites for hydroxylation is 1. The van der Waals surface area contributed by atoms with Crippen LogP contribution in [0.4, 0.5) is 4.39 Å². The molecular weight excluding hydrogens is 315 g/mol. The minimum absolute atomic E-state index is 0.109. The number of carboxylic acids is 1. The van der Waals surface area contributed by atoms with E-state index in [-0.39, 0.29) is 17.7 Å². The minimum Gasteiger partial charge on any atom is -0.496 e. The summed E-state index contributed by atoms with van der Waals surface area (Å²) in [5.41, 5.74) is 0.562. The maximum absolute atomic E-state index is 13.4. The molecule has 0 bridgehead atoms. The molecule has 1 rings (SSSR count). The average Bonchev–Trinajstić information content (AvgIpc) is 2.28. The second-order valence-electron chi connectivity index (χ2n) is 5.31. The lowest BCUT2D eigenvalue weighted by Crippen LogP contribution is -2.17. The quantitative estimate of drug-likeness (QED) is 0.855. The Morgan fingerprint density at radius 3 is 2.63 bits per heavy atom. The van der Waals surface area contributed by atoms with Crippen LogP contribution in [-0.4, -0.2) is 18.2 Å². The Kier molecular flexibility index (Phi) is 5.35. The summed E-state index contributed by atoms with van der Waals surface area (Å²) >= 11 is 3.15. The van der Waals surface area contributed by atoms with Gasteiger partial charge in [-0.25, -0.2) is 4.39 Å². The maximum Gasteiger partial charge on any atom is 0.303 e. The molecule has 0 unspecified atom stereocenters. The molecule has 0 spiro atoms. The summed E-state index contributed by atoms with van der Waals surface area (Å²) in [6.45, 7) is 3.82. The molecule has 1 N–H and O–H groups in total. The van der Waals surface area contributed by atoms with Crippen LogP contribution >= 0.6 is 15.9 Å². The van der Waals surface area contributed by atoms with Crippen LogP contribution in [0.3, 0.4) is 0 Å². The SMILES string of the molecule is COc1cc(F)c(Br)cc1CCC(C)(C)CC(=O)O. The molecule has 0 heterocycles. The van der Waals surface area contributed by atoms with Crippen molar-refractivity contribution in [3.05, 3.63) is 28.0 Å². The van der Waals surface area contributed by atoms with Gasteiger partial charge in [0.2, 0.25) is 0 Å². The fraction of sp³-hybridized carbons (Fsp3) is 0.500. The molecule has 1 aromatic rings. The molecule has 0 aliphatic rings. The molecule has 0 aliphatic heterocycles. The number of hydrogen-bond donors (Lipinski definition) is 1. The highest BCUT2D eigenvalue weighted by Crippen LogP contribution is 2.32. The third kappa shape index (κ3) is 4.82. The maximum atomic E-state index is 13.4. The van der Waals surface area contributed by atoms with E-state index in [1.807, 2.05) is 13.8 Å². The first-order valence-corrected chi connectivity index (χ1v) is 6.78. The third-order valence-corrected chi connectivity index (χ3v) is 3.63. The van der Waals surface area contributed by atoms with Gasteiger partial charge in [0.25, 0.3) is 0 Å². The van der Waals surface area contributed by atoms with Gasteiger partial charge in [0.05, 0.1) is 18.0 Å². The second-order valence-corrected chi connectivity index (χ2v) is 6.17. The van der Waals surface area contributed by atoms with Gasteiger partial charge in [0.15, 0.2) is 0 Å². The zero-order valence-electron chi connectivity index (χ0n) is 11.3. The molecule has 106 valence electrons. The summed E-state index contributed by atoms with van der Waals surface area (Å²) in [5.74, 6) is -0.686. The average molecular weight is 333 g/mol. The minimum atomic E-state index is -0.808. The summed E-state index contributed by atoms with van der Waals surface area (Å²) in [6, 6.07) is 3.02. The Morgan fingerprint density at radius 2 is 2.11 bits per heavy atom. The summed E-state index contributed by atoms with van der Waals surface area (Å²) in [6.07, 6.45) is 1.44. The predicted octanol–water partition coefficient (Wildman–Crippen LogP) is 4.03. The van der Waals surface area contributed by atoms with Crippen LogP contribution in [0.25, 0.3) is 0 Å². The zero-order chi connectivity index (χ0) is 14.6.